The summed E-state index contributed by atoms with van der Waals surface area (Å²) in [4.78, 5) is 37.4. The van der Waals surface area contributed by atoms with Gasteiger partial charge in [0.15, 0.2) is 0 Å². The first kappa shape index (κ1) is 16.9. The maximum atomic E-state index is 12.2. The molecule has 130 valence electrons. The first-order chi connectivity index (χ1) is 12.1. The zero-order valence-electron chi connectivity index (χ0n) is 13.5. The molecule has 3 rings (SSSR count). The van der Waals surface area contributed by atoms with Crippen LogP contribution < -0.4 is 5.32 Å². The van der Waals surface area contributed by atoms with Gasteiger partial charge in [0, 0.05) is 13.0 Å². The van der Waals surface area contributed by atoms with Crippen LogP contribution in [-0.2, 0) is 4.79 Å². The van der Waals surface area contributed by atoms with E-state index in [0.29, 0.717) is 23.3 Å². The number of aliphatic hydroxyl groups excluding tert-OH is 1. The quantitative estimate of drug-likeness (QED) is 0.743. The van der Waals surface area contributed by atoms with Gasteiger partial charge < -0.3 is 14.8 Å². The minimum absolute atomic E-state index is 0.0410. The number of aliphatic hydroxyl groups is 1. The van der Waals surface area contributed by atoms with Crippen LogP contribution in [0, 0.1) is 0 Å². The zero-order chi connectivity index (χ0) is 17.8. The van der Waals surface area contributed by atoms with E-state index in [4.69, 9.17) is 4.42 Å². The highest BCUT2D eigenvalue weighted by Gasteiger charge is 2.34. The summed E-state index contributed by atoms with van der Waals surface area (Å²) in [6, 6.07) is 9.95. The molecular weight excluding hydrogens is 324 g/mol. The second-order valence-electron chi connectivity index (χ2n) is 5.75. The van der Waals surface area contributed by atoms with Crippen molar-refractivity contribution in [3.63, 3.8) is 0 Å². The Kier molecular flexibility index (Phi) is 4.95. The van der Waals surface area contributed by atoms with E-state index in [-0.39, 0.29) is 37.2 Å². The van der Waals surface area contributed by atoms with Crippen LogP contribution in [-0.4, -0.2) is 40.8 Å². The van der Waals surface area contributed by atoms with Crippen molar-refractivity contribution < 1.29 is 23.9 Å². The van der Waals surface area contributed by atoms with Crippen molar-refractivity contribution in [1.82, 2.24) is 10.2 Å². The van der Waals surface area contributed by atoms with E-state index in [9.17, 15) is 19.5 Å². The second kappa shape index (κ2) is 7.31. The number of fused-ring (bicyclic) bond motifs is 1. The molecule has 1 aromatic carbocycles. The van der Waals surface area contributed by atoms with E-state index in [1.54, 1.807) is 36.4 Å². The Labute approximate surface area is 144 Å². The number of nitrogens with zero attached hydrogens (tertiary/aromatic N) is 1. The fourth-order valence-corrected chi connectivity index (χ4v) is 2.72. The molecule has 0 saturated heterocycles. The minimum Gasteiger partial charge on any atom is -0.467 e. The lowest BCUT2D eigenvalue weighted by atomic mass is 10.1. The van der Waals surface area contributed by atoms with Gasteiger partial charge in [0.25, 0.3) is 11.8 Å². The highest BCUT2D eigenvalue weighted by molar-refractivity contribution is 6.21. The predicted molar refractivity (Wildman–Crippen MR) is 87.7 cm³/mol. The molecule has 0 fully saturated rings. The van der Waals surface area contributed by atoms with Crippen LogP contribution in [0.5, 0.6) is 0 Å². The third kappa shape index (κ3) is 3.61. The third-order valence-corrected chi connectivity index (χ3v) is 4.03. The SMILES string of the molecule is O=C(CCCN1C(=O)c2ccccc2C1=O)NCC(O)c1ccco1. The van der Waals surface area contributed by atoms with Crippen LogP contribution in [0.15, 0.2) is 47.1 Å². The van der Waals surface area contributed by atoms with Crippen LogP contribution in [0.4, 0.5) is 0 Å². The molecule has 0 bridgehead atoms. The minimum atomic E-state index is -0.907. The summed E-state index contributed by atoms with van der Waals surface area (Å²) in [6.07, 6.45) is 1.05. The number of carbonyl (C=O) groups is 3. The molecule has 25 heavy (non-hydrogen) atoms. The Morgan fingerprint density at radius 2 is 1.80 bits per heavy atom. The van der Waals surface area contributed by atoms with Crippen molar-refractivity contribution in [2.45, 2.75) is 18.9 Å². The van der Waals surface area contributed by atoms with Gasteiger partial charge in [-0.15, -0.1) is 0 Å². The van der Waals surface area contributed by atoms with Gasteiger partial charge in [-0.3, -0.25) is 19.3 Å². The summed E-state index contributed by atoms with van der Waals surface area (Å²) in [5.41, 5.74) is 0.803. The molecule has 3 amide bonds. The number of benzene rings is 1. The van der Waals surface area contributed by atoms with Gasteiger partial charge in [0.1, 0.15) is 11.9 Å². The molecular formula is C18H18N2O5. The number of hydrogen-bond acceptors (Lipinski definition) is 5. The predicted octanol–water partition coefficient (Wildman–Crippen LogP) is 1.51. The number of hydrogen-bond donors (Lipinski definition) is 2. The van der Waals surface area contributed by atoms with Crippen molar-refractivity contribution in [2.24, 2.45) is 0 Å². The summed E-state index contributed by atoms with van der Waals surface area (Å²) in [5, 5.41) is 12.4. The van der Waals surface area contributed by atoms with Crippen molar-refractivity contribution >= 4 is 17.7 Å². The van der Waals surface area contributed by atoms with Crippen molar-refractivity contribution in [1.29, 1.82) is 0 Å². The maximum Gasteiger partial charge on any atom is 0.261 e. The normalized spacial score (nSPS) is 14.5. The molecule has 0 radical (unpaired) electrons. The smallest absolute Gasteiger partial charge is 0.261 e. The lowest BCUT2D eigenvalue weighted by molar-refractivity contribution is -0.121. The average molecular weight is 342 g/mol. The Bertz CT molecular complexity index is 750. The largest absolute Gasteiger partial charge is 0.467 e. The van der Waals surface area contributed by atoms with Gasteiger partial charge in [0.05, 0.1) is 23.9 Å². The Balaban J connectivity index is 1.43. The lowest BCUT2D eigenvalue weighted by Crippen LogP contribution is -2.32. The average Bonchev–Trinajstić information content (AvgIpc) is 3.23. The standard InChI is InChI=1S/C18H18N2O5/c21-14(15-7-4-10-25-15)11-19-16(22)8-3-9-20-17(23)12-5-1-2-6-13(12)18(20)24/h1-2,4-7,10,14,21H,3,8-9,11H2,(H,19,22). The van der Waals surface area contributed by atoms with Gasteiger partial charge >= 0.3 is 0 Å². The fraction of sp³-hybridized carbons (Fsp3) is 0.278. The molecule has 7 heteroatoms. The van der Waals surface area contributed by atoms with Crippen molar-refractivity contribution in [3.05, 3.63) is 59.5 Å². The molecule has 1 aromatic heterocycles. The number of furan rings is 1. The zero-order valence-corrected chi connectivity index (χ0v) is 13.5. The molecule has 1 aliphatic heterocycles. The van der Waals surface area contributed by atoms with Gasteiger partial charge in [-0.05, 0) is 30.7 Å². The van der Waals surface area contributed by atoms with Crippen LogP contribution in [0.2, 0.25) is 0 Å². The van der Waals surface area contributed by atoms with E-state index in [0.717, 1.165) is 4.90 Å². The molecule has 0 aliphatic carbocycles. The third-order valence-electron chi connectivity index (χ3n) is 4.03. The monoisotopic (exact) mass is 342 g/mol. The van der Waals surface area contributed by atoms with E-state index in [1.165, 1.54) is 6.26 Å². The van der Waals surface area contributed by atoms with Gasteiger partial charge in [-0.1, -0.05) is 12.1 Å². The summed E-state index contributed by atoms with van der Waals surface area (Å²) in [5.74, 6) is -0.531. The number of amides is 3. The van der Waals surface area contributed by atoms with Crippen molar-refractivity contribution in [2.75, 3.05) is 13.1 Å². The van der Waals surface area contributed by atoms with Crippen LogP contribution >= 0.6 is 0 Å². The molecule has 2 N–H and O–H groups in total. The highest BCUT2D eigenvalue weighted by atomic mass is 16.4. The lowest BCUT2D eigenvalue weighted by Gasteiger charge is -2.14. The number of imide groups is 1. The molecule has 1 atom stereocenters. The molecule has 7 nitrogen and oxygen atoms in total. The van der Waals surface area contributed by atoms with Crippen molar-refractivity contribution in [3.8, 4) is 0 Å². The number of rotatable bonds is 7. The second-order valence-corrected chi connectivity index (χ2v) is 5.75. The van der Waals surface area contributed by atoms with Gasteiger partial charge in [-0.2, -0.15) is 0 Å². The Hall–Kier alpha value is -2.93. The van der Waals surface area contributed by atoms with E-state index >= 15 is 0 Å². The molecule has 2 heterocycles. The summed E-state index contributed by atoms with van der Waals surface area (Å²) >= 11 is 0. The fourth-order valence-electron chi connectivity index (χ4n) is 2.72. The van der Waals surface area contributed by atoms with Crippen LogP contribution in [0.25, 0.3) is 0 Å². The topological polar surface area (TPSA) is 99.9 Å². The summed E-state index contributed by atoms with van der Waals surface area (Å²) in [7, 11) is 0. The first-order valence-corrected chi connectivity index (χ1v) is 8.01. The molecule has 1 aliphatic rings. The van der Waals surface area contributed by atoms with Crippen LogP contribution in [0.1, 0.15) is 45.4 Å². The van der Waals surface area contributed by atoms with Gasteiger partial charge in [-0.25, -0.2) is 0 Å². The first-order valence-electron chi connectivity index (χ1n) is 8.01. The van der Waals surface area contributed by atoms with Crippen LogP contribution in [0.3, 0.4) is 0 Å². The molecule has 0 spiro atoms. The van der Waals surface area contributed by atoms with E-state index in [2.05, 4.69) is 5.32 Å². The van der Waals surface area contributed by atoms with Gasteiger partial charge in [0.2, 0.25) is 5.91 Å². The number of carbonyl (C=O) groups excluding carboxylic acids is 3. The van der Waals surface area contributed by atoms with E-state index < -0.39 is 6.10 Å². The number of nitrogens with one attached hydrogen (secondary N) is 1. The molecule has 2 aromatic rings. The van der Waals surface area contributed by atoms with E-state index in [1.807, 2.05) is 0 Å². The highest BCUT2D eigenvalue weighted by Crippen LogP contribution is 2.22. The Morgan fingerprint density at radius 3 is 2.40 bits per heavy atom. The Morgan fingerprint density at radius 1 is 1.12 bits per heavy atom. The molecule has 1 unspecified atom stereocenters. The summed E-state index contributed by atoms with van der Waals surface area (Å²) < 4.78 is 5.05. The molecule has 0 saturated carbocycles. The maximum absolute atomic E-state index is 12.2. The summed E-state index contributed by atoms with van der Waals surface area (Å²) in [6.45, 7) is 0.222.